The third-order valence-corrected chi connectivity index (χ3v) is 5.52. The van der Waals surface area contributed by atoms with Crippen LogP contribution in [0.2, 0.25) is 0 Å². The number of thioether (sulfide) groups is 1. The Morgan fingerprint density at radius 2 is 2.11 bits per heavy atom. The van der Waals surface area contributed by atoms with E-state index in [0.717, 1.165) is 11.8 Å². The molecule has 7 nitrogen and oxygen atoms in total. The zero-order chi connectivity index (χ0) is 20.4. The predicted molar refractivity (Wildman–Crippen MR) is 109 cm³/mol. The lowest BCUT2D eigenvalue weighted by Gasteiger charge is -2.15. The molecule has 0 aromatic heterocycles. The monoisotopic (exact) mass is 461 g/mol. The van der Waals surface area contributed by atoms with Gasteiger partial charge in [-0.3, -0.25) is 9.69 Å². The van der Waals surface area contributed by atoms with Crippen LogP contribution in [0.25, 0.3) is 6.08 Å². The summed E-state index contributed by atoms with van der Waals surface area (Å²) in [7, 11) is 2.99. The minimum absolute atomic E-state index is 0.115. The van der Waals surface area contributed by atoms with Crippen LogP contribution in [0.4, 0.5) is 5.69 Å². The second-order valence-corrected chi connectivity index (χ2v) is 7.62. The second kappa shape index (κ2) is 8.07. The van der Waals surface area contributed by atoms with Gasteiger partial charge in [0.25, 0.3) is 5.91 Å². The first-order valence-electron chi connectivity index (χ1n) is 7.94. The van der Waals surface area contributed by atoms with Gasteiger partial charge in [-0.25, -0.2) is 9.79 Å². The number of aliphatic imine (C=N–C) groups is 1. The number of amides is 1. The molecule has 0 saturated carbocycles. The van der Waals surface area contributed by atoms with Gasteiger partial charge in [0.2, 0.25) is 0 Å². The third kappa shape index (κ3) is 4.05. The number of hydrogen-bond acceptors (Lipinski definition) is 6. The number of carbonyl (C=O) groups excluding carboxylic acids is 1. The topological polar surface area (TPSA) is 102 Å². The Morgan fingerprint density at radius 1 is 1.36 bits per heavy atom. The molecule has 2 aromatic rings. The molecule has 1 fully saturated rings. The van der Waals surface area contributed by atoms with Crippen molar-refractivity contribution < 1.29 is 24.5 Å². The maximum absolute atomic E-state index is 12.5. The molecule has 0 unspecified atom stereocenters. The molecule has 28 heavy (non-hydrogen) atoms. The van der Waals surface area contributed by atoms with E-state index in [0.29, 0.717) is 25.8 Å². The highest BCUT2D eigenvalue weighted by molar-refractivity contribution is 9.10. The Balaban J connectivity index is 1.94. The van der Waals surface area contributed by atoms with Gasteiger partial charge in [-0.2, -0.15) is 0 Å². The maximum atomic E-state index is 12.5. The molecular weight excluding hydrogens is 448 g/mol. The number of hydrogen-bond donors (Lipinski definition) is 1. The first-order chi connectivity index (χ1) is 13.3. The molecule has 0 radical (unpaired) electrons. The first-order valence-corrected chi connectivity index (χ1v) is 9.55. The van der Waals surface area contributed by atoms with E-state index in [1.54, 1.807) is 37.4 Å². The number of ether oxygens (including phenoxy) is 1. The van der Waals surface area contributed by atoms with Crippen LogP contribution in [0, 0.1) is 0 Å². The average molecular weight is 462 g/mol. The molecule has 1 aliphatic rings. The summed E-state index contributed by atoms with van der Waals surface area (Å²) in [6.07, 6.45) is 1.65. The van der Waals surface area contributed by atoms with E-state index in [1.807, 2.05) is 0 Å². The van der Waals surface area contributed by atoms with Gasteiger partial charge in [-0.05, 0) is 53.7 Å². The SMILES string of the molecule is COc1cc(/C=C2\SC(=Nc3cccc(C(=O)O)c3)N(C)C2=O)cc(Br)c1[O-]. The largest absolute Gasteiger partial charge is 0.869 e. The Kier molecular flexibility index (Phi) is 5.76. The number of halogens is 1. The van der Waals surface area contributed by atoms with E-state index in [9.17, 15) is 14.7 Å². The van der Waals surface area contributed by atoms with Crippen molar-refractivity contribution in [3.8, 4) is 11.5 Å². The van der Waals surface area contributed by atoms with Gasteiger partial charge in [0.05, 0.1) is 23.3 Å². The number of benzene rings is 2. The second-order valence-electron chi connectivity index (χ2n) is 5.76. The minimum atomic E-state index is -1.05. The summed E-state index contributed by atoms with van der Waals surface area (Å²) in [5.74, 6) is -1.40. The highest BCUT2D eigenvalue weighted by Gasteiger charge is 2.30. The van der Waals surface area contributed by atoms with Gasteiger partial charge in [-0.15, -0.1) is 0 Å². The summed E-state index contributed by atoms with van der Waals surface area (Å²) in [6, 6.07) is 9.32. The Morgan fingerprint density at radius 3 is 2.79 bits per heavy atom. The highest BCUT2D eigenvalue weighted by Crippen LogP contribution is 2.37. The lowest BCUT2D eigenvalue weighted by molar-refractivity contribution is -0.271. The van der Waals surface area contributed by atoms with Crippen LogP contribution in [0.5, 0.6) is 11.5 Å². The van der Waals surface area contributed by atoms with E-state index < -0.39 is 5.97 Å². The summed E-state index contributed by atoms with van der Waals surface area (Å²) in [4.78, 5) is 29.8. The Hall–Kier alpha value is -2.78. The number of likely N-dealkylation sites (N-methyl/N-ethyl adjacent to an activating group) is 1. The van der Waals surface area contributed by atoms with Crippen LogP contribution in [0.3, 0.4) is 0 Å². The summed E-state index contributed by atoms with van der Waals surface area (Å²) in [5, 5.41) is 21.4. The van der Waals surface area contributed by atoms with Gasteiger partial charge in [0.15, 0.2) is 5.17 Å². The molecule has 1 heterocycles. The fourth-order valence-corrected chi connectivity index (χ4v) is 3.89. The first kappa shape index (κ1) is 20.0. The molecular formula is C19H14BrN2O5S-. The normalized spacial score (nSPS) is 16.8. The molecule has 1 saturated heterocycles. The molecule has 3 rings (SSSR count). The standard InChI is InChI=1S/C19H15BrN2O5S/c1-22-17(24)15(8-10-6-13(20)16(23)14(7-10)27-2)28-19(22)21-12-5-3-4-11(9-12)18(25)26/h3-9,23H,1-2H3,(H,25,26)/p-1/b15-8-,21-19?. The molecule has 2 aromatic carbocycles. The molecule has 0 bridgehead atoms. The molecule has 0 atom stereocenters. The lowest BCUT2D eigenvalue weighted by atomic mass is 10.2. The fourth-order valence-electron chi connectivity index (χ4n) is 2.45. The number of amidine groups is 1. The van der Waals surface area contributed by atoms with Gasteiger partial charge < -0.3 is 14.9 Å². The van der Waals surface area contributed by atoms with Crippen LogP contribution in [0.1, 0.15) is 15.9 Å². The van der Waals surface area contributed by atoms with E-state index >= 15 is 0 Å². The van der Waals surface area contributed by atoms with Crippen LogP contribution >= 0.6 is 27.7 Å². The van der Waals surface area contributed by atoms with Crippen molar-refractivity contribution in [2.24, 2.45) is 4.99 Å². The smallest absolute Gasteiger partial charge is 0.335 e. The number of rotatable bonds is 4. The number of nitrogens with zero attached hydrogens (tertiary/aromatic N) is 2. The van der Waals surface area contributed by atoms with E-state index in [2.05, 4.69) is 20.9 Å². The van der Waals surface area contributed by atoms with Crippen molar-refractivity contribution in [3.05, 3.63) is 56.9 Å². The number of aromatic carboxylic acids is 1. The molecule has 144 valence electrons. The predicted octanol–water partition coefficient (Wildman–Crippen LogP) is 3.46. The van der Waals surface area contributed by atoms with Crippen LogP contribution in [-0.2, 0) is 4.79 Å². The van der Waals surface area contributed by atoms with Crippen molar-refractivity contribution in [2.45, 2.75) is 0 Å². The lowest BCUT2D eigenvalue weighted by Crippen LogP contribution is -2.23. The Labute approximate surface area is 173 Å². The van der Waals surface area contributed by atoms with Crippen LogP contribution in [0.15, 0.2) is 50.8 Å². The summed E-state index contributed by atoms with van der Waals surface area (Å²) >= 11 is 4.35. The van der Waals surface area contributed by atoms with Crippen molar-refractivity contribution in [3.63, 3.8) is 0 Å². The van der Waals surface area contributed by atoms with Crippen molar-refractivity contribution in [2.75, 3.05) is 14.2 Å². The number of carboxylic acid groups (broad SMARTS) is 1. The van der Waals surface area contributed by atoms with Crippen molar-refractivity contribution in [1.29, 1.82) is 0 Å². The van der Waals surface area contributed by atoms with E-state index in [1.165, 1.54) is 24.1 Å². The third-order valence-electron chi connectivity index (χ3n) is 3.87. The zero-order valence-corrected chi connectivity index (χ0v) is 17.2. The van der Waals surface area contributed by atoms with E-state index in [-0.39, 0.29) is 23.0 Å². The van der Waals surface area contributed by atoms with Gasteiger partial charge in [-0.1, -0.05) is 27.7 Å². The van der Waals surface area contributed by atoms with Crippen LogP contribution < -0.4 is 9.84 Å². The maximum Gasteiger partial charge on any atom is 0.335 e. The molecule has 0 spiro atoms. The van der Waals surface area contributed by atoms with Crippen molar-refractivity contribution in [1.82, 2.24) is 4.90 Å². The van der Waals surface area contributed by atoms with E-state index in [4.69, 9.17) is 9.84 Å². The van der Waals surface area contributed by atoms with Crippen LogP contribution in [-0.4, -0.2) is 41.2 Å². The van der Waals surface area contributed by atoms with Gasteiger partial charge in [0, 0.05) is 11.5 Å². The number of methoxy groups -OCH3 is 1. The average Bonchev–Trinajstić information content (AvgIpc) is 2.92. The molecule has 1 N–H and O–H groups in total. The minimum Gasteiger partial charge on any atom is -0.869 e. The molecule has 9 heteroatoms. The highest BCUT2D eigenvalue weighted by atomic mass is 79.9. The molecule has 1 amide bonds. The quantitative estimate of drug-likeness (QED) is 0.699. The summed E-state index contributed by atoms with van der Waals surface area (Å²) < 4.78 is 5.40. The van der Waals surface area contributed by atoms with Gasteiger partial charge >= 0.3 is 5.97 Å². The number of carbonyl (C=O) groups is 2. The van der Waals surface area contributed by atoms with Crippen molar-refractivity contribution >= 4 is 56.5 Å². The molecule has 0 aliphatic carbocycles. The Bertz CT molecular complexity index is 1030. The fraction of sp³-hybridized carbons (Fsp3) is 0.105. The summed E-state index contributed by atoms with van der Waals surface area (Å²) in [5.41, 5.74) is 1.18. The van der Waals surface area contributed by atoms with Gasteiger partial charge in [0.1, 0.15) is 5.75 Å². The zero-order valence-electron chi connectivity index (χ0n) is 14.8. The summed E-state index contributed by atoms with van der Waals surface area (Å²) in [6.45, 7) is 0. The molecule has 1 aliphatic heterocycles. The number of carboxylic acids is 1.